The Morgan fingerprint density at radius 1 is 1.53 bits per heavy atom. The molecule has 0 aliphatic heterocycles. The van der Waals surface area contributed by atoms with Crippen LogP contribution in [0.25, 0.3) is 0 Å². The van der Waals surface area contributed by atoms with Crippen molar-refractivity contribution in [1.29, 1.82) is 0 Å². The molecule has 1 aliphatic carbocycles. The summed E-state index contributed by atoms with van der Waals surface area (Å²) in [6, 6.07) is 5.58. The number of benzene rings is 1. The molecule has 1 fully saturated rings. The van der Waals surface area contributed by atoms with Crippen LogP contribution < -0.4 is 10.5 Å². The minimum Gasteiger partial charge on any atom is -0.489 e. The smallest absolute Gasteiger partial charge is 0.133 e. The van der Waals surface area contributed by atoms with Gasteiger partial charge in [0.25, 0.3) is 0 Å². The fourth-order valence-corrected chi connectivity index (χ4v) is 1.81. The van der Waals surface area contributed by atoms with E-state index in [1.54, 1.807) is 0 Å². The maximum atomic E-state index is 9.55. The van der Waals surface area contributed by atoms with Gasteiger partial charge in [-0.2, -0.15) is 0 Å². The number of aliphatic hydroxyl groups is 1. The highest BCUT2D eigenvalue weighted by molar-refractivity contribution is 9.10. The van der Waals surface area contributed by atoms with Gasteiger partial charge < -0.3 is 15.6 Å². The van der Waals surface area contributed by atoms with Gasteiger partial charge in [0.2, 0.25) is 0 Å². The third-order valence-corrected chi connectivity index (χ3v) is 3.00. The van der Waals surface area contributed by atoms with E-state index < -0.39 is 6.10 Å². The zero-order valence-electron chi connectivity index (χ0n) is 8.32. The van der Waals surface area contributed by atoms with E-state index in [-0.39, 0.29) is 6.54 Å². The van der Waals surface area contributed by atoms with Crippen LogP contribution in [0.4, 0.5) is 0 Å². The van der Waals surface area contributed by atoms with E-state index >= 15 is 0 Å². The lowest BCUT2D eigenvalue weighted by molar-refractivity contribution is 0.186. The van der Waals surface area contributed by atoms with Crippen LogP contribution in [0.2, 0.25) is 0 Å². The SMILES string of the molecule is NCC(O)c1ccc(OC2CC2)c(Br)c1. The summed E-state index contributed by atoms with van der Waals surface area (Å²) < 4.78 is 6.54. The van der Waals surface area contributed by atoms with Crippen molar-refractivity contribution in [2.75, 3.05) is 6.54 Å². The highest BCUT2D eigenvalue weighted by Gasteiger charge is 2.24. The zero-order chi connectivity index (χ0) is 10.8. The van der Waals surface area contributed by atoms with Crippen molar-refractivity contribution in [2.45, 2.75) is 25.0 Å². The Balaban J connectivity index is 2.13. The van der Waals surface area contributed by atoms with Gasteiger partial charge in [-0.25, -0.2) is 0 Å². The number of nitrogens with two attached hydrogens (primary N) is 1. The Kier molecular flexibility index (Phi) is 3.29. The third-order valence-electron chi connectivity index (χ3n) is 2.38. The fourth-order valence-electron chi connectivity index (χ4n) is 1.32. The lowest BCUT2D eigenvalue weighted by atomic mass is 10.1. The predicted octanol–water partition coefficient (Wildman–Crippen LogP) is 1.98. The molecule has 1 aromatic carbocycles. The lowest BCUT2D eigenvalue weighted by Gasteiger charge is -2.11. The largest absolute Gasteiger partial charge is 0.489 e. The predicted molar refractivity (Wildman–Crippen MR) is 61.8 cm³/mol. The van der Waals surface area contributed by atoms with Crippen molar-refractivity contribution in [3.05, 3.63) is 28.2 Å². The van der Waals surface area contributed by atoms with E-state index in [2.05, 4.69) is 15.9 Å². The van der Waals surface area contributed by atoms with Crippen LogP contribution in [0.3, 0.4) is 0 Å². The molecule has 0 radical (unpaired) electrons. The van der Waals surface area contributed by atoms with E-state index in [1.807, 2.05) is 18.2 Å². The molecular weight excluding hydrogens is 258 g/mol. The molecular formula is C11H14BrNO2. The molecule has 3 nitrogen and oxygen atoms in total. The van der Waals surface area contributed by atoms with Crippen LogP contribution in [0.5, 0.6) is 5.75 Å². The summed E-state index contributed by atoms with van der Waals surface area (Å²) in [5.74, 6) is 0.838. The molecule has 82 valence electrons. The summed E-state index contributed by atoms with van der Waals surface area (Å²) in [6.45, 7) is 0.231. The molecule has 0 saturated heterocycles. The van der Waals surface area contributed by atoms with Crippen LogP contribution >= 0.6 is 15.9 Å². The highest BCUT2D eigenvalue weighted by atomic mass is 79.9. The molecule has 0 bridgehead atoms. The van der Waals surface area contributed by atoms with E-state index in [4.69, 9.17) is 10.5 Å². The molecule has 0 aromatic heterocycles. The third kappa shape index (κ3) is 2.71. The Morgan fingerprint density at radius 2 is 2.27 bits per heavy atom. The summed E-state index contributed by atoms with van der Waals surface area (Å²) in [7, 11) is 0. The van der Waals surface area contributed by atoms with Gasteiger partial charge in [0.05, 0.1) is 16.7 Å². The number of aliphatic hydroxyl groups excluding tert-OH is 1. The molecule has 1 aliphatic rings. The maximum Gasteiger partial charge on any atom is 0.133 e. The first-order valence-corrected chi connectivity index (χ1v) is 5.84. The molecule has 15 heavy (non-hydrogen) atoms. The van der Waals surface area contributed by atoms with Gasteiger partial charge >= 0.3 is 0 Å². The standard InChI is InChI=1S/C11H14BrNO2/c12-9-5-7(10(14)6-13)1-4-11(9)15-8-2-3-8/h1,4-5,8,10,14H,2-3,6,13H2. The lowest BCUT2D eigenvalue weighted by Crippen LogP contribution is -2.11. The second-order valence-corrected chi connectivity index (χ2v) is 4.61. The topological polar surface area (TPSA) is 55.5 Å². The molecule has 0 spiro atoms. The first-order chi connectivity index (χ1) is 7.20. The Bertz CT molecular complexity index is 352. The Hall–Kier alpha value is -0.580. The summed E-state index contributed by atoms with van der Waals surface area (Å²) >= 11 is 3.42. The molecule has 1 saturated carbocycles. The first kappa shape index (κ1) is 10.9. The Morgan fingerprint density at radius 3 is 2.80 bits per heavy atom. The molecule has 1 aromatic rings. The van der Waals surface area contributed by atoms with E-state index in [1.165, 1.54) is 0 Å². The number of rotatable bonds is 4. The monoisotopic (exact) mass is 271 g/mol. The van der Waals surface area contributed by atoms with Crippen molar-refractivity contribution >= 4 is 15.9 Å². The summed E-state index contributed by atoms with van der Waals surface area (Å²) in [5, 5.41) is 9.55. The summed E-state index contributed by atoms with van der Waals surface area (Å²) in [4.78, 5) is 0. The second kappa shape index (κ2) is 4.51. The fraction of sp³-hybridized carbons (Fsp3) is 0.455. The van der Waals surface area contributed by atoms with Crippen LogP contribution in [-0.2, 0) is 0 Å². The van der Waals surface area contributed by atoms with Gasteiger partial charge in [-0.15, -0.1) is 0 Å². The van der Waals surface area contributed by atoms with E-state index in [9.17, 15) is 5.11 Å². The summed E-state index contributed by atoms with van der Waals surface area (Å²) in [5.41, 5.74) is 6.20. The van der Waals surface area contributed by atoms with Crippen molar-refractivity contribution in [1.82, 2.24) is 0 Å². The van der Waals surface area contributed by atoms with Crippen molar-refractivity contribution in [3.8, 4) is 5.75 Å². The average Bonchev–Trinajstić information content (AvgIpc) is 3.04. The zero-order valence-corrected chi connectivity index (χ0v) is 9.90. The molecule has 0 heterocycles. The van der Waals surface area contributed by atoms with Gasteiger partial charge in [0.15, 0.2) is 0 Å². The number of halogens is 1. The van der Waals surface area contributed by atoms with E-state index in [0.717, 1.165) is 28.6 Å². The van der Waals surface area contributed by atoms with Gasteiger partial charge in [0.1, 0.15) is 5.75 Å². The molecule has 1 unspecified atom stereocenters. The minimum absolute atomic E-state index is 0.231. The van der Waals surface area contributed by atoms with Gasteiger partial charge in [-0.05, 0) is 46.5 Å². The van der Waals surface area contributed by atoms with Crippen LogP contribution in [0.1, 0.15) is 24.5 Å². The van der Waals surface area contributed by atoms with Crippen molar-refractivity contribution < 1.29 is 9.84 Å². The van der Waals surface area contributed by atoms with Crippen LogP contribution in [-0.4, -0.2) is 17.8 Å². The van der Waals surface area contributed by atoms with Crippen molar-refractivity contribution in [2.24, 2.45) is 5.73 Å². The molecule has 3 N–H and O–H groups in total. The average molecular weight is 272 g/mol. The number of hydrogen-bond acceptors (Lipinski definition) is 3. The number of ether oxygens (including phenoxy) is 1. The summed E-state index contributed by atoms with van der Waals surface area (Å²) in [6.07, 6.45) is 2.06. The molecule has 1 atom stereocenters. The van der Waals surface area contributed by atoms with E-state index in [0.29, 0.717) is 6.10 Å². The van der Waals surface area contributed by atoms with Crippen LogP contribution in [0, 0.1) is 0 Å². The first-order valence-electron chi connectivity index (χ1n) is 5.05. The highest BCUT2D eigenvalue weighted by Crippen LogP contribution is 2.33. The van der Waals surface area contributed by atoms with Gasteiger partial charge in [-0.1, -0.05) is 6.07 Å². The Labute approximate surface area is 97.4 Å². The molecule has 4 heteroatoms. The quantitative estimate of drug-likeness (QED) is 0.881. The maximum absolute atomic E-state index is 9.55. The minimum atomic E-state index is -0.601. The second-order valence-electron chi connectivity index (χ2n) is 3.76. The number of hydrogen-bond donors (Lipinski definition) is 2. The van der Waals surface area contributed by atoms with Gasteiger partial charge in [0, 0.05) is 6.54 Å². The van der Waals surface area contributed by atoms with Crippen molar-refractivity contribution in [3.63, 3.8) is 0 Å². The van der Waals surface area contributed by atoms with Gasteiger partial charge in [-0.3, -0.25) is 0 Å². The molecule has 2 rings (SSSR count). The molecule has 0 amide bonds. The normalized spacial score (nSPS) is 17.5. The van der Waals surface area contributed by atoms with Crippen LogP contribution in [0.15, 0.2) is 22.7 Å².